The zero-order valence-corrected chi connectivity index (χ0v) is 23.3. The van der Waals surface area contributed by atoms with Crippen molar-refractivity contribution in [3.8, 4) is 22.5 Å². The first-order chi connectivity index (χ1) is 19.5. The number of hydrogen-bond donors (Lipinski definition) is 2. The van der Waals surface area contributed by atoms with Crippen LogP contribution >= 0.6 is 0 Å². The van der Waals surface area contributed by atoms with Crippen molar-refractivity contribution >= 4 is 23.5 Å². The van der Waals surface area contributed by atoms with Crippen LogP contribution in [0.1, 0.15) is 39.5 Å². The number of anilines is 4. The largest absolute Gasteiger partial charge is 0.366 e. The zero-order chi connectivity index (χ0) is 27.9. The summed E-state index contributed by atoms with van der Waals surface area (Å²) in [6.45, 7) is 8.55. The van der Waals surface area contributed by atoms with Crippen molar-refractivity contribution in [2.75, 3.05) is 47.4 Å². The first kappa shape index (κ1) is 27.2. The molecular formula is C30H38N10. The first-order valence-electron chi connectivity index (χ1n) is 14.1. The Bertz CT molecular complexity index is 1280. The lowest BCUT2D eigenvalue weighted by Gasteiger charge is -2.32. The molecule has 4 aromatic rings. The summed E-state index contributed by atoms with van der Waals surface area (Å²) >= 11 is 0. The number of nitrogen functional groups attached to an aromatic ring is 2. The van der Waals surface area contributed by atoms with Crippen LogP contribution in [0.15, 0.2) is 60.7 Å². The number of nitrogens with two attached hydrogens (primary N) is 2. The highest BCUT2D eigenvalue weighted by molar-refractivity contribution is 5.73. The van der Waals surface area contributed by atoms with Gasteiger partial charge in [0.1, 0.15) is 11.4 Å². The van der Waals surface area contributed by atoms with Gasteiger partial charge in [0.25, 0.3) is 0 Å². The second-order valence-electron chi connectivity index (χ2n) is 10.8. The van der Waals surface area contributed by atoms with Gasteiger partial charge >= 0.3 is 0 Å². The molecular weight excluding hydrogens is 500 g/mol. The predicted octanol–water partition coefficient (Wildman–Crippen LogP) is 4.71. The van der Waals surface area contributed by atoms with Crippen molar-refractivity contribution in [1.29, 1.82) is 0 Å². The van der Waals surface area contributed by atoms with Gasteiger partial charge in [-0.25, -0.2) is 9.97 Å². The molecule has 0 aliphatic carbocycles. The molecule has 10 heteroatoms. The van der Waals surface area contributed by atoms with Gasteiger partial charge < -0.3 is 21.3 Å². The molecule has 2 aromatic heterocycles. The molecule has 2 unspecified atom stereocenters. The van der Waals surface area contributed by atoms with Crippen LogP contribution in [0.3, 0.4) is 0 Å². The molecule has 0 radical (unpaired) electrons. The molecule has 2 fully saturated rings. The molecule has 2 saturated heterocycles. The van der Waals surface area contributed by atoms with Crippen LogP contribution in [-0.2, 0) is 0 Å². The minimum absolute atomic E-state index is 0.220. The second kappa shape index (κ2) is 12.7. The van der Waals surface area contributed by atoms with Crippen LogP contribution in [0.2, 0.25) is 0 Å². The number of rotatable bonds is 4. The van der Waals surface area contributed by atoms with Gasteiger partial charge in [0.05, 0.1) is 0 Å². The summed E-state index contributed by atoms with van der Waals surface area (Å²) in [4.78, 5) is 13.4. The molecule has 4 N–H and O–H groups in total. The van der Waals surface area contributed by atoms with E-state index in [1.165, 1.54) is 25.7 Å². The Morgan fingerprint density at radius 3 is 1.38 bits per heavy atom. The Morgan fingerprint density at radius 2 is 1.00 bits per heavy atom. The highest BCUT2D eigenvalue weighted by Crippen LogP contribution is 2.31. The Labute approximate surface area is 235 Å². The van der Waals surface area contributed by atoms with E-state index >= 15 is 0 Å². The topological polar surface area (TPSA) is 136 Å². The van der Waals surface area contributed by atoms with Crippen molar-refractivity contribution in [3.63, 3.8) is 0 Å². The summed E-state index contributed by atoms with van der Waals surface area (Å²) in [6, 6.07) is 20.1. The van der Waals surface area contributed by atoms with E-state index in [2.05, 4.69) is 54.0 Å². The number of hydrogen-bond acceptors (Lipinski definition) is 10. The van der Waals surface area contributed by atoms with Crippen molar-refractivity contribution in [1.82, 2.24) is 30.4 Å². The van der Waals surface area contributed by atoms with Gasteiger partial charge in [-0.15, -0.1) is 20.4 Å². The molecule has 6 rings (SSSR count). The average molecular weight is 539 g/mol. The van der Waals surface area contributed by atoms with Gasteiger partial charge in [-0.2, -0.15) is 0 Å². The Kier molecular flexibility index (Phi) is 8.63. The van der Waals surface area contributed by atoms with Crippen molar-refractivity contribution in [2.45, 2.75) is 39.5 Å². The van der Waals surface area contributed by atoms with E-state index in [0.717, 1.165) is 60.3 Å². The van der Waals surface area contributed by atoms with Gasteiger partial charge in [-0.1, -0.05) is 74.5 Å². The lowest BCUT2D eigenvalue weighted by molar-refractivity contribution is 0.443. The summed E-state index contributed by atoms with van der Waals surface area (Å²) in [6.07, 6.45) is 4.91. The van der Waals surface area contributed by atoms with Crippen LogP contribution in [-0.4, -0.2) is 56.5 Å². The minimum atomic E-state index is 0.220. The highest BCUT2D eigenvalue weighted by Gasteiger charge is 2.23. The molecule has 40 heavy (non-hydrogen) atoms. The number of nitrogens with zero attached hydrogens (tertiary/aromatic N) is 8. The molecule has 0 amide bonds. The van der Waals surface area contributed by atoms with E-state index in [-0.39, 0.29) is 11.9 Å². The van der Waals surface area contributed by atoms with Crippen molar-refractivity contribution < 1.29 is 0 Å². The monoisotopic (exact) mass is 538 g/mol. The van der Waals surface area contributed by atoms with E-state index in [0.29, 0.717) is 11.8 Å². The van der Waals surface area contributed by atoms with Crippen LogP contribution in [0.4, 0.5) is 23.5 Å². The third-order valence-electron chi connectivity index (χ3n) is 7.38. The number of benzene rings is 2. The lowest BCUT2D eigenvalue weighted by atomic mass is 10.00. The molecule has 0 saturated carbocycles. The fraction of sp³-hybridized carbons (Fsp3) is 0.400. The maximum absolute atomic E-state index is 5.72. The van der Waals surface area contributed by atoms with Gasteiger partial charge in [-0.05, 0) is 37.5 Å². The molecule has 4 heterocycles. The van der Waals surface area contributed by atoms with E-state index in [4.69, 9.17) is 11.5 Å². The zero-order valence-electron chi connectivity index (χ0n) is 23.3. The molecule has 2 aromatic carbocycles. The molecule has 10 nitrogen and oxygen atoms in total. The first-order valence-corrected chi connectivity index (χ1v) is 14.1. The smallest absolute Gasteiger partial charge is 0.240 e. The van der Waals surface area contributed by atoms with Crippen LogP contribution < -0.4 is 21.3 Å². The summed E-state index contributed by atoms with van der Waals surface area (Å²) in [7, 11) is 0. The molecule has 2 aliphatic rings. The molecule has 2 atom stereocenters. The Hall–Kier alpha value is -4.34. The maximum Gasteiger partial charge on any atom is 0.240 e. The standard InChI is InChI=1S/2C15H19N5/c2*1-11-6-5-9-20(10-11)14-13(17-15(16)19-18-14)12-7-3-2-4-8-12/h2*2-4,7-8,11H,5-6,9-10H2,1H3,(H2,16,17,19). The quantitative estimate of drug-likeness (QED) is 0.376. The molecule has 0 spiro atoms. The van der Waals surface area contributed by atoms with Gasteiger partial charge in [-0.3, -0.25) is 0 Å². The van der Waals surface area contributed by atoms with E-state index in [1.807, 2.05) is 60.7 Å². The van der Waals surface area contributed by atoms with Gasteiger partial charge in [0.2, 0.25) is 11.9 Å². The normalized spacial score (nSPS) is 19.1. The number of aromatic nitrogens is 6. The van der Waals surface area contributed by atoms with Crippen LogP contribution in [0, 0.1) is 11.8 Å². The third-order valence-corrected chi connectivity index (χ3v) is 7.38. The average Bonchev–Trinajstić information content (AvgIpc) is 2.98. The summed E-state index contributed by atoms with van der Waals surface area (Å²) in [5.41, 5.74) is 15.1. The summed E-state index contributed by atoms with van der Waals surface area (Å²) in [5.74, 6) is 3.47. The number of piperidine rings is 2. The molecule has 208 valence electrons. The van der Waals surface area contributed by atoms with E-state index < -0.39 is 0 Å². The van der Waals surface area contributed by atoms with Crippen molar-refractivity contribution in [2.24, 2.45) is 11.8 Å². The molecule has 2 aliphatic heterocycles. The van der Waals surface area contributed by atoms with E-state index in [9.17, 15) is 0 Å². The SMILES string of the molecule is CC1CCCN(c2nnc(N)nc2-c2ccccc2)C1.CC1CCCN(c2nnc(N)nc2-c2ccccc2)C1. The fourth-order valence-electron chi connectivity index (χ4n) is 5.43. The van der Waals surface area contributed by atoms with Crippen molar-refractivity contribution in [3.05, 3.63) is 60.7 Å². The molecule has 0 bridgehead atoms. The third kappa shape index (κ3) is 6.62. The second-order valence-corrected chi connectivity index (χ2v) is 10.8. The Balaban J connectivity index is 0.000000161. The van der Waals surface area contributed by atoms with Crippen LogP contribution in [0.5, 0.6) is 0 Å². The maximum atomic E-state index is 5.72. The highest BCUT2D eigenvalue weighted by atomic mass is 15.3. The summed E-state index contributed by atoms with van der Waals surface area (Å²) < 4.78 is 0. The van der Waals surface area contributed by atoms with Crippen LogP contribution in [0.25, 0.3) is 22.5 Å². The summed E-state index contributed by atoms with van der Waals surface area (Å²) in [5, 5.41) is 16.5. The van der Waals surface area contributed by atoms with Gasteiger partial charge in [0.15, 0.2) is 11.6 Å². The van der Waals surface area contributed by atoms with Gasteiger partial charge in [0, 0.05) is 37.3 Å². The Morgan fingerprint density at radius 1 is 0.600 bits per heavy atom. The lowest BCUT2D eigenvalue weighted by Crippen LogP contribution is -2.35. The fourth-order valence-corrected chi connectivity index (χ4v) is 5.43. The minimum Gasteiger partial charge on any atom is -0.366 e. The van der Waals surface area contributed by atoms with E-state index in [1.54, 1.807) is 0 Å². The predicted molar refractivity (Wildman–Crippen MR) is 161 cm³/mol.